The van der Waals surface area contributed by atoms with Gasteiger partial charge in [-0.1, -0.05) is 12.1 Å². The van der Waals surface area contributed by atoms with Crippen LogP contribution in [0.3, 0.4) is 0 Å². The van der Waals surface area contributed by atoms with Gasteiger partial charge in [-0.15, -0.1) is 0 Å². The Morgan fingerprint density at radius 1 is 1.21 bits per heavy atom. The van der Waals surface area contributed by atoms with Crippen molar-refractivity contribution in [3.8, 4) is 11.5 Å². The minimum absolute atomic E-state index is 0.654. The average Bonchev–Trinajstić information content (AvgIpc) is 2.75. The van der Waals surface area contributed by atoms with Crippen LogP contribution in [0.1, 0.15) is 17.0 Å². The topological polar surface area (TPSA) is 59.2 Å². The average molecular weight is 261 g/mol. The molecule has 1 heterocycles. The second kappa shape index (κ2) is 5.65. The Morgan fingerprint density at radius 2 is 2.00 bits per heavy atom. The van der Waals surface area contributed by atoms with E-state index in [4.69, 9.17) is 9.47 Å². The summed E-state index contributed by atoms with van der Waals surface area (Å²) in [4.78, 5) is 0. The van der Waals surface area contributed by atoms with Gasteiger partial charge in [-0.2, -0.15) is 5.10 Å². The molecular weight excluding hydrogens is 242 g/mol. The zero-order valence-electron chi connectivity index (χ0n) is 11.7. The van der Waals surface area contributed by atoms with E-state index in [0.29, 0.717) is 6.54 Å². The molecule has 0 aliphatic heterocycles. The van der Waals surface area contributed by atoms with Gasteiger partial charge in [0.05, 0.1) is 31.3 Å². The van der Waals surface area contributed by atoms with Crippen LogP contribution in [0.4, 0.5) is 5.69 Å². The number of ether oxygens (including phenoxy) is 2. The first-order valence-electron chi connectivity index (χ1n) is 6.12. The SMILES string of the molecule is COc1cccc(CNc2c(C)n[nH]c2C)c1OC. The van der Waals surface area contributed by atoms with Crippen molar-refractivity contribution in [2.24, 2.45) is 0 Å². The number of rotatable bonds is 5. The van der Waals surface area contributed by atoms with Crippen molar-refractivity contribution < 1.29 is 9.47 Å². The number of hydrogen-bond donors (Lipinski definition) is 2. The molecule has 0 amide bonds. The van der Waals surface area contributed by atoms with Gasteiger partial charge in [0.15, 0.2) is 11.5 Å². The van der Waals surface area contributed by atoms with E-state index in [9.17, 15) is 0 Å². The summed E-state index contributed by atoms with van der Waals surface area (Å²) in [6.07, 6.45) is 0. The lowest BCUT2D eigenvalue weighted by molar-refractivity contribution is 0.352. The molecule has 0 spiro atoms. The quantitative estimate of drug-likeness (QED) is 0.868. The van der Waals surface area contributed by atoms with E-state index < -0.39 is 0 Å². The van der Waals surface area contributed by atoms with E-state index in [1.165, 1.54) is 0 Å². The summed E-state index contributed by atoms with van der Waals surface area (Å²) in [5.74, 6) is 1.50. The first-order valence-corrected chi connectivity index (χ1v) is 6.12. The van der Waals surface area contributed by atoms with Crippen LogP contribution in [0.25, 0.3) is 0 Å². The van der Waals surface area contributed by atoms with Gasteiger partial charge in [-0.05, 0) is 19.9 Å². The second-order valence-electron chi connectivity index (χ2n) is 4.32. The van der Waals surface area contributed by atoms with Crippen molar-refractivity contribution in [3.05, 3.63) is 35.2 Å². The van der Waals surface area contributed by atoms with Gasteiger partial charge in [-0.3, -0.25) is 5.10 Å². The highest BCUT2D eigenvalue weighted by atomic mass is 16.5. The number of benzene rings is 1. The standard InChI is InChI=1S/C14H19N3O2/c1-9-13(10(2)17-16-9)15-8-11-6-5-7-12(18-3)14(11)19-4/h5-7,15H,8H2,1-4H3,(H,16,17). The number of aryl methyl sites for hydroxylation is 2. The molecule has 1 aromatic carbocycles. The molecule has 0 aliphatic carbocycles. The summed E-state index contributed by atoms with van der Waals surface area (Å²) in [7, 11) is 3.29. The third-order valence-electron chi connectivity index (χ3n) is 3.07. The normalized spacial score (nSPS) is 10.3. The van der Waals surface area contributed by atoms with Crippen molar-refractivity contribution in [2.75, 3.05) is 19.5 Å². The molecule has 0 unspecified atom stereocenters. The molecule has 2 rings (SSSR count). The first-order chi connectivity index (χ1) is 9.17. The zero-order valence-corrected chi connectivity index (χ0v) is 11.7. The van der Waals surface area contributed by atoms with Crippen LogP contribution in [0.15, 0.2) is 18.2 Å². The molecule has 2 N–H and O–H groups in total. The largest absolute Gasteiger partial charge is 0.493 e. The minimum Gasteiger partial charge on any atom is -0.493 e. The number of H-pyrrole nitrogens is 1. The molecule has 19 heavy (non-hydrogen) atoms. The number of para-hydroxylation sites is 1. The fourth-order valence-electron chi connectivity index (χ4n) is 2.09. The van der Waals surface area contributed by atoms with Crippen LogP contribution in [-0.2, 0) is 6.54 Å². The second-order valence-corrected chi connectivity index (χ2v) is 4.32. The minimum atomic E-state index is 0.654. The number of anilines is 1. The van der Waals surface area contributed by atoms with E-state index in [1.807, 2.05) is 32.0 Å². The van der Waals surface area contributed by atoms with Gasteiger partial charge < -0.3 is 14.8 Å². The van der Waals surface area contributed by atoms with Crippen molar-refractivity contribution in [2.45, 2.75) is 20.4 Å². The maximum absolute atomic E-state index is 5.41. The van der Waals surface area contributed by atoms with Gasteiger partial charge in [0.2, 0.25) is 0 Å². The van der Waals surface area contributed by atoms with Crippen LogP contribution in [0.2, 0.25) is 0 Å². The highest BCUT2D eigenvalue weighted by Crippen LogP contribution is 2.31. The third kappa shape index (κ3) is 2.65. The van der Waals surface area contributed by atoms with Crippen LogP contribution in [0.5, 0.6) is 11.5 Å². The molecule has 0 bridgehead atoms. The molecule has 0 saturated carbocycles. The van der Waals surface area contributed by atoms with Crippen LogP contribution >= 0.6 is 0 Å². The van der Waals surface area contributed by atoms with Crippen molar-refractivity contribution >= 4 is 5.69 Å². The molecule has 0 radical (unpaired) electrons. The highest BCUT2D eigenvalue weighted by Gasteiger charge is 2.11. The summed E-state index contributed by atoms with van der Waals surface area (Å²) >= 11 is 0. The number of nitrogens with zero attached hydrogens (tertiary/aromatic N) is 1. The van der Waals surface area contributed by atoms with Crippen LogP contribution < -0.4 is 14.8 Å². The van der Waals surface area contributed by atoms with E-state index >= 15 is 0 Å². The van der Waals surface area contributed by atoms with Crippen LogP contribution in [0, 0.1) is 13.8 Å². The Balaban J connectivity index is 2.20. The Morgan fingerprint density at radius 3 is 2.58 bits per heavy atom. The lowest BCUT2D eigenvalue weighted by Crippen LogP contribution is -2.04. The highest BCUT2D eigenvalue weighted by molar-refractivity contribution is 5.54. The molecule has 0 saturated heterocycles. The monoisotopic (exact) mass is 261 g/mol. The molecule has 5 nitrogen and oxygen atoms in total. The predicted molar refractivity (Wildman–Crippen MR) is 74.9 cm³/mol. The van der Waals surface area contributed by atoms with Gasteiger partial charge in [0.25, 0.3) is 0 Å². The lowest BCUT2D eigenvalue weighted by Gasteiger charge is -2.13. The fraction of sp³-hybridized carbons (Fsp3) is 0.357. The Kier molecular flexibility index (Phi) is 3.94. The zero-order chi connectivity index (χ0) is 13.8. The van der Waals surface area contributed by atoms with E-state index in [2.05, 4.69) is 15.5 Å². The molecule has 0 aliphatic rings. The van der Waals surface area contributed by atoms with Gasteiger partial charge in [0.1, 0.15) is 0 Å². The molecular formula is C14H19N3O2. The molecule has 5 heteroatoms. The van der Waals surface area contributed by atoms with E-state index in [1.54, 1.807) is 14.2 Å². The summed E-state index contributed by atoms with van der Waals surface area (Å²) in [5.41, 5.74) is 4.06. The van der Waals surface area contributed by atoms with Crippen molar-refractivity contribution in [1.29, 1.82) is 0 Å². The Bertz CT molecular complexity index is 544. The summed E-state index contributed by atoms with van der Waals surface area (Å²) in [5, 5.41) is 10.5. The van der Waals surface area contributed by atoms with E-state index in [0.717, 1.165) is 34.1 Å². The summed E-state index contributed by atoms with van der Waals surface area (Å²) in [6, 6.07) is 5.85. The number of nitrogens with one attached hydrogen (secondary N) is 2. The van der Waals surface area contributed by atoms with Crippen LogP contribution in [-0.4, -0.2) is 24.4 Å². The molecule has 0 atom stereocenters. The van der Waals surface area contributed by atoms with Gasteiger partial charge in [0, 0.05) is 12.1 Å². The maximum atomic E-state index is 5.41. The van der Waals surface area contributed by atoms with Gasteiger partial charge >= 0.3 is 0 Å². The molecule has 102 valence electrons. The Labute approximate surface area is 112 Å². The lowest BCUT2D eigenvalue weighted by atomic mass is 10.1. The fourth-order valence-corrected chi connectivity index (χ4v) is 2.09. The number of methoxy groups -OCH3 is 2. The molecule has 1 aromatic heterocycles. The number of aromatic amines is 1. The smallest absolute Gasteiger partial charge is 0.165 e. The molecule has 2 aromatic rings. The number of aromatic nitrogens is 2. The summed E-state index contributed by atoms with van der Waals surface area (Å²) in [6.45, 7) is 4.61. The third-order valence-corrected chi connectivity index (χ3v) is 3.07. The van der Waals surface area contributed by atoms with Gasteiger partial charge in [-0.25, -0.2) is 0 Å². The molecule has 0 fully saturated rings. The van der Waals surface area contributed by atoms with E-state index in [-0.39, 0.29) is 0 Å². The maximum Gasteiger partial charge on any atom is 0.165 e. The number of hydrogen-bond acceptors (Lipinski definition) is 4. The first kappa shape index (κ1) is 13.3. The Hall–Kier alpha value is -2.17. The van der Waals surface area contributed by atoms with Crippen molar-refractivity contribution in [1.82, 2.24) is 10.2 Å². The summed E-state index contributed by atoms with van der Waals surface area (Å²) < 4.78 is 10.7. The predicted octanol–water partition coefficient (Wildman–Crippen LogP) is 2.66. The van der Waals surface area contributed by atoms with Crippen molar-refractivity contribution in [3.63, 3.8) is 0 Å².